The van der Waals surface area contributed by atoms with Crippen molar-refractivity contribution in [2.45, 2.75) is 38.6 Å². The van der Waals surface area contributed by atoms with Gasteiger partial charge >= 0.3 is 0 Å². The fourth-order valence-electron chi connectivity index (χ4n) is 4.55. The van der Waals surface area contributed by atoms with Crippen LogP contribution in [0, 0.1) is 5.82 Å². The number of nitrogens with zero attached hydrogens (tertiary/aromatic N) is 2. The SMILES string of the molecule is O=C(NCc1cccnc1)c1ccc(-n2c(-c3ccc(F)cc3)cc3c2CCCCC3)cc1. The number of hydrogen-bond acceptors (Lipinski definition) is 2. The van der Waals surface area contributed by atoms with Gasteiger partial charge in [0.05, 0.1) is 5.69 Å². The second kappa shape index (κ2) is 9.41. The Labute approximate surface area is 193 Å². The molecule has 0 saturated heterocycles. The van der Waals surface area contributed by atoms with Gasteiger partial charge in [0.1, 0.15) is 5.82 Å². The van der Waals surface area contributed by atoms with Gasteiger partial charge < -0.3 is 9.88 Å². The summed E-state index contributed by atoms with van der Waals surface area (Å²) in [4.78, 5) is 16.7. The van der Waals surface area contributed by atoms with Crippen LogP contribution in [0.25, 0.3) is 16.9 Å². The highest BCUT2D eigenvalue weighted by Crippen LogP contribution is 2.33. The minimum atomic E-state index is -0.236. The number of rotatable bonds is 5. The normalized spacial score (nSPS) is 13.2. The van der Waals surface area contributed by atoms with Crippen molar-refractivity contribution in [2.24, 2.45) is 0 Å². The molecular formula is C28H26FN3O. The third kappa shape index (κ3) is 4.58. The van der Waals surface area contributed by atoms with Crippen LogP contribution in [0.2, 0.25) is 0 Å². The number of aromatic nitrogens is 2. The second-order valence-corrected chi connectivity index (χ2v) is 8.50. The fourth-order valence-corrected chi connectivity index (χ4v) is 4.55. The molecule has 33 heavy (non-hydrogen) atoms. The van der Waals surface area contributed by atoms with Crippen molar-refractivity contribution in [3.8, 4) is 16.9 Å². The van der Waals surface area contributed by atoms with Gasteiger partial charge in [0.25, 0.3) is 5.91 Å². The molecule has 0 radical (unpaired) electrons. The number of halogens is 1. The highest BCUT2D eigenvalue weighted by Gasteiger charge is 2.19. The molecule has 1 aliphatic rings. The number of pyridine rings is 1. The van der Waals surface area contributed by atoms with E-state index >= 15 is 0 Å². The van der Waals surface area contributed by atoms with Crippen LogP contribution in [0.5, 0.6) is 0 Å². The van der Waals surface area contributed by atoms with Crippen LogP contribution in [-0.4, -0.2) is 15.5 Å². The van der Waals surface area contributed by atoms with Gasteiger partial charge in [-0.25, -0.2) is 4.39 Å². The summed E-state index contributed by atoms with van der Waals surface area (Å²) in [7, 11) is 0. The zero-order valence-corrected chi connectivity index (χ0v) is 18.4. The Hall–Kier alpha value is -3.73. The Balaban J connectivity index is 1.45. The minimum Gasteiger partial charge on any atom is -0.348 e. The van der Waals surface area contributed by atoms with E-state index in [1.165, 1.54) is 36.2 Å². The van der Waals surface area contributed by atoms with E-state index in [1.807, 2.05) is 48.5 Å². The molecule has 0 bridgehead atoms. The maximum atomic E-state index is 13.5. The van der Waals surface area contributed by atoms with Gasteiger partial charge in [-0.05, 0) is 103 Å². The van der Waals surface area contributed by atoms with E-state index in [4.69, 9.17) is 0 Å². The summed E-state index contributed by atoms with van der Waals surface area (Å²) < 4.78 is 15.8. The van der Waals surface area contributed by atoms with Crippen LogP contribution >= 0.6 is 0 Å². The quantitative estimate of drug-likeness (QED) is 0.395. The summed E-state index contributed by atoms with van der Waals surface area (Å²) >= 11 is 0. The molecule has 2 aromatic heterocycles. The Bertz CT molecular complexity index is 1250. The van der Waals surface area contributed by atoms with E-state index in [0.717, 1.165) is 41.8 Å². The van der Waals surface area contributed by atoms with Gasteiger partial charge in [-0.1, -0.05) is 12.5 Å². The van der Waals surface area contributed by atoms with Crippen molar-refractivity contribution in [1.29, 1.82) is 0 Å². The molecule has 0 saturated carbocycles. The van der Waals surface area contributed by atoms with Gasteiger partial charge in [0.2, 0.25) is 0 Å². The number of amides is 1. The molecule has 166 valence electrons. The fraction of sp³-hybridized carbons (Fsp3) is 0.214. The summed E-state index contributed by atoms with van der Waals surface area (Å²) in [6, 6.07) is 20.5. The lowest BCUT2D eigenvalue weighted by atomic mass is 10.1. The van der Waals surface area contributed by atoms with E-state index in [-0.39, 0.29) is 11.7 Å². The lowest BCUT2D eigenvalue weighted by molar-refractivity contribution is 0.0951. The molecule has 0 spiro atoms. The third-order valence-corrected chi connectivity index (χ3v) is 6.26. The van der Waals surface area contributed by atoms with Gasteiger partial charge in [-0.2, -0.15) is 0 Å². The van der Waals surface area contributed by atoms with E-state index in [9.17, 15) is 9.18 Å². The molecule has 1 aliphatic carbocycles. The molecule has 5 rings (SSSR count). The number of fused-ring (bicyclic) bond motifs is 1. The smallest absolute Gasteiger partial charge is 0.251 e. The number of hydrogen-bond donors (Lipinski definition) is 1. The molecular weight excluding hydrogens is 413 g/mol. The summed E-state index contributed by atoms with van der Waals surface area (Å²) in [5.41, 5.74) is 7.33. The molecule has 0 fully saturated rings. The zero-order chi connectivity index (χ0) is 22.6. The van der Waals surface area contributed by atoms with E-state index in [2.05, 4.69) is 20.9 Å². The minimum absolute atomic E-state index is 0.115. The number of carbonyl (C=O) groups excluding carboxylic acids is 1. The van der Waals surface area contributed by atoms with E-state index < -0.39 is 0 Å². The summed E-state index contributed by atoms with van der Waals surface area (Å²) in [5.74, 6) is -0.351. The lowest BCUT2D eigenvalue weighted by Crippen LogP contribution is -2.22. The first-order chi connectivity index (χ1) is 16.2. The predicted molar refractivity (Wildman–Crippen MR) is 128 cm³/mol. The van der Waals surface area contributed by atoms with E-state index in [1.54, 1.807) is 12.4 Å². The Kier molecular flexibility index (Phi) is 6.03. The van der Waals surface area contributed by atoms with Crippen LogP contribution in [0.1, 0.15) is 46.4 Å². The molecule has 4 aromatic rings. The molecule has 4 nitrogen and oxygen atoms in total. The first-order valence-electron chi connectivity index (χ1n) is 11.5. The molecule has 5 heteroatoms. The Morgan fingerprint density at radius 3 is 2.52 bits per heavy atom. The summed E-state index contributed by atoms with van der Waals surface area (Å²) in [5, 5.41) is 2.95. The van der Waals surface area contributed by atoms with Crippen molar-refractivity contribution in [3.05, 3.63) is 107 Å². The molecule has 0 aliphatic heterocycles. The van der Waals surface area contributed by atoms with Gasteiger partial charge in [-0.15, -0.1) is 0 Å². The van der Waals surface area contributed by atoms with Crippen molar-refractivity contribution in [1.82, 2.24) is 14.9 Å². The average Bonchev–Trinajstić information content (AvgIpc) is 3.06. The van der Waals surface area contributed by atoms with Gasteiger partial charge in [0, 0.05) is 35.9 Å². The Morgan fingerprint density at radius 2 is 1.76 bits per heavy atom. The largest absolute Gasteiger partial charge is 0.348 e. The summed E-state index contributed by atoms with van der Waals surface area (Å²) in [6.07, 6.45) is 9.13. The Morgan fingerprint density at radius 1 is 0.970 bits per heavy atom. The van der Waals surface area contributed by atoms with Crippen LogP contribution < -0.4 is 5.32 Å². The summed E-state index contributed by atoms with van der Waals surface area (Å²) in [6.45, 7) is 0.439. The zero-order valence-electron chi connectivity index (χ0n) is 18.4. The van der Waals surface area contributed by atoms with Crippen molar-refractivity contribution in [3.63, 3.8) is 0 Å². The highest BCUT2D eigenvalue weighted by molar-refractivity contribution is 5.94. The average molecular weight is 440 g/mol. The van der Waals surface area contributed by atoms with Crippen LogP contribution in [0.4, 0.5) is 4.39 Å². The number of carbonyl (C=O) groups is 1. The second-order valence-electron chi connectivity index (χ2n) is 8.50. The van der Waals surface area contributed by atoms with Crippen LogP contribution in [0.15, 0.2) is 79.1 Å². The number of nitrogens with one attached hydrogen (secondary N) is 1. The molecule has 2 heterocycles. The number of benzene rings is 2. The van der Waals surface area contributed by atoms with Crippen molar-refractivity contribution in [2.75, 3.05) is 0 Å². The highest BCUT2D eigenvalue weighted by atomic mass is 19.1. The van der Waals surface area contributed by atoms with Crippen molar-refractivity contribution >= 4 is 5.91 Å². The third-order valence-electron chi connectivity index (χ3n) is 6.26. The van der Waals surface area contributed by atoms with Gasteiger partial charge in [0.15, 0.2) is 0 Å². The topological polar surface area (TPSA) is 46.9 Å². The first-order valence-corrected chi connectivity index (χ1v) is 11.5. The van der Waals surface area contributed by atoms with Crippen LogP contribution in [0.3, 0.4) is 0 Å². The molecule has 1 amide bonds. The maximum Gasteiger partial charge on any atom is 0.251 e. The number of aryl methyl sites for hydroxylation is 1. The molecule has 0 unspecified atom stereocenters. The van der Waals surface area contributed by atoms with Crippen LogP contribution in [-0.2, 0) is 19.4 Å². The molecule has 0 atom stereocenters. The molecule has 1 N–H and O–H groups in total. The maximum absolute atomic E-state index is 13.5. The predicted octanol–water partition coefficient (Wildman–Crippen LogP) is 5.88. The monoisotopic (exact) mass is 439 g/mol. The molecule has 2 aromatic carbocycles. The van der Waals surface area contributed by atoms with Gasteiger partial charge in [-0.3, -0.25) is 9.78 Å². The van der Waals surface area contributed by atoms with Crippen molar-refractivity contribution < 1.29 is 9.18 Å². The van der Waals surface area contributed by atoms with E-state index in [0.29, 0.717) is 12.1 Å². The standard InChI is InChI=1S/C28H26FN3O/c29-24-12-8-21(9-13-24)27-17-23-6-2-1-3-7-26(23)32(27)25-14-10-22(11-15-25)28(33)31-19-20-5-4-16-30-18-20/h4-5,8-18H,1-3,6-7,19H2,(H,31,33). The lowest BCUT2D eigenvalue weighted by Gasteiger charge is -2.15. The first kappa shape index (κ1) is 21.1.